The van der Waals surface area contributed by atoms with E-state index in [0.717, 1.165) is 47.0 Å². The summed E-state index contributed by atoms with van der Waals surface area (Å²) in [5, 5.41) is 0. The Bertz CT molecular complexity index is 1030. The molecule has 3 unspecified atom stereocenters. The first kappa shape index (κ1) is 18.6. The van der Waals surface area contributed by atoms with Gasteiger partial charge in [0, 0.05) is 28.4 Å². The second-order valence-corrected chi connectivity index (χ2v) is 8.93. The first-order valence-electron chi connectivity index (χ1n) is 10.0. The molecule has 2 bridgehead atoms. The molecule has 4 heterocycles. The summed E-state index contributed by atoms with van der Waals surface area (Å²) >= 11 is 3.45. The van der Waals surface area contributed by atoms with Crippen molar-refractivity contribution in [2.45, 2.75) is 44.7 Å². The summed E-state index contributed by atoms with van der Waals surface area (Å²) in [4.78, 5) is 24.6. The number of halogens is 1. The fourth-order valence-electron chi connectivity index (χ4n) is 5.06. The number of rotatable bonds is 4. The molecule has 1 amide bonds. The minimum Gasteiger partial charge on any atom is -0.444 e. The molecule has 2 aromatic heterocycles. The Hall–Kier alpha value is -2.47. The lowest BCUT2D eigenvalue weighted by Gasteiger charge is -2.25. The Morgan fingerprint density at radius 1 is 1.24 bits per heavy atom. The molecule has 5 rings (SSSR count). The maximum absolute atomic E-state index is 13.7. The zero-order chi connectivity index (χ0) is 20.0. The topological polar surface area (TPSA) is 59.2 Å². The van der Waals surface area contributed by atoms with E-state index in [-0.39, 0.29) is 11.9 Å². The fourth-order valence-corrected chi connectivity index (χ4v) is 5.29. The van der Waals surface area contributed by atoms with Crippen LogP contribution in [0.1, 0.15) is 40.9 Å². The van der Waals surface area contributed by atoms with Gasteiger partial charge in [0.15, 0.2) is 0 Å². The van der Waals surface area contributed by atoms with Crippen LogP contribution < -0.4 is 0 Å². The average Bonchev–Trinajstić information content (AvgIpc) is 3.45. The molecular weight excluding hydrogens is 430 g/mol. The van der Waals surface area contributed by atoms with E-state index >= 15 is 0 Å². The van der Waals surface area contributed by atoms with Crippen molar-refractivity contribution in [1.82, 2.24) is 14.9 Å². The van der Waals surface area contributed by atoms with E-state index in [9.17, 15) is 4.79 Å². The van der Waals surface area contributed by atoms with Crippen molar-refractivity contribution in [3.8, 4) is 11.5 Å². The predicted octanol–water partition coefficient (Wildman–Crippen LogP) is 5.04. The fraction of sp³-hybridized carbons (Fsp3) is 0.348. The number of hydrogen-bond donors (Lipinski definition) is 0. The number of benzene rings is 1. The number of oxazole rings is 1. The summed E-state index contributed by atoms with van der Waals surface area (Å²) in [6.07, 6.45) is 9.14. The Morgan fingerprint density at radius 3 is 2.90 bits per heavy atom. The monoisotopic (exact) mass is 451 g/mol. The second kappa shape index (κ2) is 7.41. The number of aromatic nitrogens is 2. The van der Waals surface area contributed by atoms with Crippen LogP contribution in [0.15, 0.2) is 57.9 Å². The molecule has 0 saturated carbocycles. The van der Waals surface area contributed by atoms with E-state index < -0.39 is 0 Å². The number of amides is 1. The zero-order valence-electron chi connectivity index (χ0n) is 16.2. The average molecular weight is 452 g/mol. The van der Waals surface area contributed by atoms with Gasteiger partial charge in [-0.1, -0.05) is 12.1 Å². The number of fused-ring (bicyclic) bond motifs is 2. The Morgan fingerprint density at radius 2 is 2.14 bits per heavy atom. The number of nitrogens with zero attached hydrogens (tertiary/aromatic N) is 3. The van der Waals surface area contributed by atoms with Crippen LogP contribution >= 0.6 is 15.9 Å². The zero-order valence-corrected chi connectivity index (χ0v) is 17.8. The van der Waals surface area contributed by atoms with E-state index in [1.807, 2.05) is 37.4 Å². The van der Waals surface area contributed by atoms with Gasteiger partial charge in [0.2, 0.25) is 5.89 Å². The normalized spacial score (nSPS) is 23.0. The quantitative estimate of drug-likeness (QED) is 0.557. The number of aryl methyl sites for hydroxylation is 1. The minimum absolute atomic E-state index is 0.0978. The highest BCUT2D eigenvalue weighted by molar-refractivity contribution is 9.10. The SMILES string of the molecule is Cc1cccc(C(=O)N2C3CCC2C(Cc2ccc(Br)cn2)C3)c1-c1ncco1. The molecule has 3 atom stereocenters. The van der Waals surface area contributed by atoms with E-state index in [0.29, 0.717) is 23.4 Å². The van der Waals surface area contributed by atoms with Gasteiger partial charge in [-0.25, -0.2) is 4.98 Å². The first-order chi connectivity index (χ1) is 14.1. The minimum atomic E-state index is 0.0978. The molecule has 148 valence electrons. The third-order valence-electron chi connectivity index (χ3n) is 6.31. The van der Waals surface area contributed by atoms with E-state index in [4.69, 9.17) is 4.42 Å². The highest BCUT2D eigenvalue weighted by Crippen LogP contribution is 2.44. The lowest BCUT2D eigenvalue weighted by molar-refractivity contribution is 0.0719. The van der Waals surface area contributed by atoms with Crippen LogP contribution in [0.25, 0.3) is 11.5 Å². The highest BCUT2D eigenvalue weighted by Gasteiger charge is 2.48. The molecule has 0 N–H and O–H groups in total. The van der Waals surface area contributed by atoms with Crippen molar-refractivity contribution in [3.05, 3.63) is 70.3 Å². The molecule has 2 fully saturated rings. The maximum atomic E-state index is 13.7. The molecule has 3 aromatic rings. The molecule has 2 aliphatic heterocycles. The highest BCUT2D eigenvalue weighted by atomic mass is 79.9. The van der Waals surface area contributed by atoms with Crippen molar-refractivity contribution < 1.29 is 9.21 Å². The Kier molecular flexibility index (Phi) is 4.74. The van der Waals surface area contributed by atoms with Crippen molar-refractivity contribution in [3.63, 3.8) is 0 Å². The molecule has 2 saturated heterocycles. The molecule has 6 heteroatoms. The molecule has 1 aromatic carbocycles. The maximum Gasteiger partial charge on any atom is 0.255 e. The number of carbonyl (C=O) groups is 1. The van der Waals surface area contributed by atoms with Crippen molar-refractivity contribution in [2.24, 2.45) is 5.92 Å². The summed E-state index contributed by atoms with van der Waals surface area (Å²) in [5.74, 6) is 1.07. The van der Waals surface area contributed by atoms with Gasteiger partial charge in [0.1, 0.15) is 6.26 Å². The van der Waals surface area contributed by atoms with Crippen LogP contribution in [0.3, 0.4) is 0 Å². The van der Waals surface area contributed by atoms with Gasteiger partial charge in [-0.2, -0.15) is 0 Å². The third-order valence-corrected chi connectivity index (χ3v) is 6.78. The van der Waals surface area contributed by atoms with Crippen molar-refractivity contribution in [2.75, 3.05) is 0 Å². The first-order valence-corrected chi connectivity index (χ1v) is 10.8. The lowest BCUT2D eigenvalue weighted by Crippen LogP contribution is -2.37. The molecular formula is C23H22BrN3O2. The van der Waals surface area contributed by atoms with Crippen LogP contribution in [0.2, 0.25) is 0 Å². The molecule has 0 radical (unpaired) electrons. The summed E-state index contributed by atoms with van der Waals surface area (Å²) in [6.45, 7) is 2.00. The van der Waals surface area contributed by atoms with Crippen LogP contribution in [-0.4, -0.2) is 32.9 Å². The Labute approximate surface area is 178 Å². The summed E-state index contributed by atoms with van der Waals surface area (Å²) < 4.78 is 6.53. The Balaban J connectivity index is 1.43. The van der Waals surface area contributed by atoms with Crippen molar-refractivity contribution >= 4 is 21.8 Å². The van der Waals surface area contributed by atoms with Gasteiger partial charge >= 0.3 is 0 Å². The molecule has 5 nitrogen and oxygen atoms in total. The standard InChI is InChI=1S/C23H22BrN3O2/c1-14-3-2-4-19(21(14)22-25-9-10-29-22)23(28)27-18-7-8-20(27)15(12-18)11-17-6-5-16(24)13-26-17/h2-6,9-10,13,15,18,20H,7-8,11-12H2,1H3. The van der Waals surface area contributed by atoms with Crippen LogP contribution in [0.5, 0.6) is 0 Å². The molecule has 2 aliphatic rings. The van der Waals surface area contributed by atoms with Gasteiger partial charge in [0.05, 0.1) is 17.3 Å². The van der Waals surface area contributed by atoms with Gasteiger partial charge in [-0.3, -0.25) is 9.78 Å². The van der Waals surface area contributed by atoms with Crippen LogP contribution in [0.4, 0.5) is 0 Å². The van der Waals surface area contributed by atoms with Crippen LogP contribution in [0, 0.1) is 12.8 Å². The largest absolute Gasteiger partial charge is 0.444 e. The molecule has 29 heavy (non-hydrogen) atoms. The third kappa shape index (κ3) is 3.29. The van der Waals surface area contributed by atoms with E-state index in [1.54, 1.807) is 12.5 Å². The molecule has 0 aliphatic carbocycles. The lowest BCUT2D eigenvalue weighted by atomic mass is 9.86. The smallest absolute Gasteiger partial charge is 0.255 e. The van der Waals surface area contributed by atoms with E-state index in [2.05, 4.69) is 36.9 Å². The molecule has 0 spiro atoms. The van der Waals surface area contributed by atoms with E-state index in [1.165, 1.54) is 0 Å². The number of pyridine rings is 1. The summed E-state index contributed by atoms with van der Waals surface area (Å²) in [7, 11) is 0. The van der Waals surface area contributed by atoms with Crippen molar-refractivity contribution in [1.29, 1.82) is 0 Å². The van der Waals surface area contributed by atoms with Gasteiger partial charge < -0.3 is 9.32 Å². The second-order valence-electron chi connectivity index (χ2n) is 8.01. The van der Waals surface area contributed by atoms with Gasteiger partial charge in [-0.15, -0.1) is 0 Å². The summed E-state index contributed by atoms with van der Waals surface area (Å²) in [6, 6.07) is 10.5. The van der Waals surface area contributed by atoms with Crippen LogP contribution in [-0.2, 0) is 6.42 Å². The number of carbonyl (C=O) groups excluding carboxylic acids is 1. The van der Waals surface area contributed by atoms with Gasteiger partial charge in [-0.05, 0) is 78.2 Å². The number of hydrogen-bond acceptors (Lipinski definition) is 4. The predicted molar refractivity (Wildman–Crippen MR) is 113 cm³/mol. The summed E-state index contributed by atoms with van der Waals surface area (Å²) in [5.41, 5.74) is 3.58. The van der Waals surface area contributed by atoms with Gasteiger partial charge in [0.25, 0.3) is 5.91 Å².